The summed E-state index contributed by atoms with van der Waals surface area (Å²) >= 11 is 3.22. The van der Waals surface area contributed by atoms with Gasteiger partial charge in [0.05, 0.1) is 0 Å². The molecular weight excluding hydrogens is 271 g/mol. The highest BCUT2D eigenvalue weighted by Gasteiger charge is 2.24. The minimum Gasteiger partial charge on any atom is -0.354 e. The van der Waals surface area contributed by atoms with Crippen molar-refractivity contribution in [1.29, 1.82) is 0 Å². The lowest BCUT2D eigenvalue weighted by Crippen LogP contribution is -2.39. The standard InChI is InChI=1S/C12H16BrFN2/c1-8-3-9(2)7-16(6-8)12-11(14)4-10(13)5-15-12/h4-5,8-9H,3,6-7H2,1-2H3/t8-,9+. The molecule has 16 heavy (non-hydrogen) atoms. The van der Waals surface area contributed by atoms with Crippen LogP contribution in [0.1, 0.15) is 20.3 Å². The van der Waals surface area contributed by atoms with Crippen molar-refractivity contribution < 1.29 is 4.39 Å². The van der Waals surface area contributed by atoms with Crippen molar-refractivity contribution in [1.82, 2.24) is 4.98 Å². The molecule has 2 rings (SSSR count). The predicted octanol–water partition coefficient (Wildman–Crippen LogP) is 3.47. The SMILES string of the molecule is C[C@@H]1C[C@H](C)CN(c2ncc(Br)cc2F)C1. The smallest absolute Gasteiger partial charge is 0.166 e. The summed E-state index contributed by atoms with van der Waals surface area (Å²) in [6.45, 7) is 6.21. The quantitative estimate of drug-likeness (QED) is 0.786. The van der Waals surface area contributed by atoms with Gasteiger partial charge in [-0.25, -0.2) is 9.37 Å². The van der Waals surface area contributed by atoms with E-state index in [9.17, 15) is 4.39 Å². The van der Waals surface area contributed by atoms with E-state index in [1.54, 1.807) is 6.20 Å². The molecule has 0 bridgehead atoms. The Hall–Kier alpha value is -0.640. The molecule has 1 aromatic heterocycles. The van der Waals surface area contributed by atoms with E-state index < -0.39 is 0 Å². The van der Waals surface area contributed by atoms with Crippen LogP contribution < -0.4 is 4.90 Å². The number of halogens is 2. The first-order valence-electron chi connectivity index (χ1n) is 5.62. The summed E-state index contributed by atoms with van der Waals surface area (Å²) in [6, 6.07) is 1.48. The van der Waals surface area contributed by atoms with Gasteiger partial charge < -0.3 is 4.90 Å². The molecule has 0 saturated carbocycles. The second kappa shape index (κ2) is 4.70. The van der Waals surface area contributed by atoms with Gasteiger partial charge in [0.25, 0.3) is 0 Å². The first-order valence-corrected chi connectivity index (χ1v) is 6.41. The fraction of sp³-hybridized carbons (Fsp3) is 0.583. The van der Waals surface area contributed by atoms with Gasteiger partial charge in [0.1, 0.15) is 0 Å². The number of nitrogens with zero attached hydrogens (tertiary/aromatic N) is 2. The zero-order valence-electron chi connectivity index (χ0n) is 9.58. The van der Waals surface area contributed by atoms with E-state index in [2.05, 4.69) is 39.7 Å². The first kappa shape index (κ1) is 11.8. The van der Waals surface area contributed by atoms with Crippen LogP contribution in [0.25, 0.3) is 0 Å². The van der Waals surface area contributed by atoms with Gasteiger partial charge in [0.15, 0.2) is 11.6 Å². The van der Waals surface area contributed by atoms with Gasteiger partial charge in [-0.3, -0.25) is 0 Å². The van der Waals surface area contributed by atoms with Crippen LogP contribution in [0.15, 0.2) is 16.7 Å². The van der Waals surface area contributed by atoms with Gasteiger partial charge in [-0.1, -0.05) is 13.8 Å². The third-order valence-electron chi connectivity index (χ3n) is 2.96. The molecule has 0 radical (unpaired) electrons. The highest BCUT2D eigenvalue weighted by Crippen LogP contribution is 2.27. The van der Waals surface area contributed by atoms with Crippen LogP contribution in [-0.4, -0.2) is 18.1 Å². The van der Waals surface area contributed by atoms with Crippen LogP contribution in [0.4, 0.5) is 10.2 Å². The Bertz CT molecular complexity index is 373. The monoisotopic (exact) mass is 286 g/mol. The van der Waals surface area contributed by atoms with E-state index in [0.717, 1.165) is 13.1 Å². The molecule has 1 aliphatic heterocycles. The lowest BCUT2D eigenvalue weighted by molar-refractivity contribution is 0.352. The van der Waals surface area contributed by atoms with E-state index >= 15 is 0 Å². The number of pyridine rings is 1. The lowest BCUT2D eigenvalue weighted by Gasteiger charge is -2.35. The van der Waals surface area contributed by atoms with E-state index in [4.69, 9.17) is 0 Å². The lowest BCUT2D eigenvalue weighted by atomic mass is 9.92. The van der Waals surface area contributed by atoms with Crippen LogP contribution in [0.2, 0.25) is 0 Å². The number of piperidine rings is 1. The molecule has 1 aliphatic rings. The van der Waals surface area contributed by atoms with Crippen molar-refractivity contribution in [3.63, 3.8) is 0 Å². The average molecular weight is 287 g/mol. The van der Waals surface area contributed by atoms with Crippen molar-refractivity contribution in [3.8, 4) is 0 Å². The van der Waals surface area contributed by atoms with Gasteiger partial charge in [-0.05, 0) is 40.3 Å². The Labute approximate surface area is 104 Å². The summed E-state index contributed by atoms with van der Waals surface area (Å²) < 4.78 is 14.4. The zero-order chi connectivity index (χ0) is 11.7. The van der Waals surface area contributed by atoms with Gasteiger partial charge in [0.2, 0.25) is 0 Å². The van der Waals surface area contributed by atoms with Crippen molar-refractivity contribution in [2.75, 3.05) is 18.0 Å². The number of aromatic nitrogens is 1. The molecule has 2 atom stereocenters. The summed E-state index contributed by atoms with van der Waals surface area (Å²) in [5.41, 5.74) is 0. The number of hydrogen-bond donors (Lipinski definition) is 0. The maximum atomic E-state index is 13.8. The van der Waals surface area contributed by atoms with Crippen LogP contribution in [0, 0.1) is 17.7 Å². The highest BCUT2D eigenvalue weighted by atomic mass is 79.9. The molecule has 0 unspecified atom stereocenters. The minimum atomic E-state index is -0.240. The van der Waals surface area contributed by atoms with Crippen molar-refractivity contribution in [2.45, 2.75) is 20.3 Å². The maximum absolute atomic E-state index is 13.8. The molecule has 0 spiro atoms. The molecule has 1 fully saturated rings. The Kier molecular flexibility index (Phi) is 3.47. The molecule has 2 nitrogen and oxygen atoms in total. The Morgan fingerprint density at radius 3 is 2.56 bits per heavy atom. The fourth-order valence-electron chi connectivity index (χ4n) is 2.48. The average Bonchev–Trinajstić information content (AvgIpc) is 2.15. The summed E-state index contributed by atoms with van der Waals surface area (Å²) in [5.74, 6) is 1.46. The van der Waals surface area contributed by atoms with E-state index in [0.29, 0.717) is 22.1 Å². The van der Waals surface area contributed by atoms with E-state index in [1.807, 2.05) is 0 Å². The number of hydrogen-bond acceptors (Lipinski definition) is 2. The summed E-state index contributed by atoms with van der Waals surface area (Å²) in [7, 11) is 0. The maximum Gasteiger partial charge on any atom is 0.166 e. The van der Waals surface area contributed by atoms with Gasteiger partial charge in [0, 0.05) is 23.8 Å². The molecule has 0 N–H and O–H groups in total. The number of anilines is 1. The Morgan fingerprint density at radius 1 is 1.38 bits per heavy atom. The van der Waals surface area contributed by atoms with Crippen LogP contribution in [0.3, 0.4) is 0 Å². The molecule has 0 amide bonds. The summed E-state index contributed by atoms with van der Waals surface area (Å²) in [6.07, 6.45) is 2.87. The molecule has 1 saturated heterocycles. The highest BCUT2D eigenvalue weighted by molar-refractivity contribution is 9.10. The van der Waals surface area contributed by atoms with Gasteiger partial charge in [-0.2, -0.15) is 0 Å². The molecule has 4 heteroatoms. The normalized spacial score (nSPS) is 25.9. The summed E-state index contributed by atoms with van der Waals surface area (Å²) in [4.78, 5) is 6.23. The fourth-order valence-corrected chi connectivity index (χ4v) is 2.78. The molecule has 88 valence electrons. The predicted molar refractivity (Wildman–Crippen MR) is 67.1 cm³/mol. The van der Waals surface area contributed by atoms with Crippen LogP contribution in [-0.2, 0) is 0 Å². The van der Waals surface area contributed by atoms with Gasteiger partial charge in [-0.15, -0.1) is 0 Å². The minimum absolute atomic E-state index is 0.240. The molecule has 2 heterocycles. The largest absolute Gasteiger partial charge is 0.354 e. The molecule has 0 aliphatic carbocycles. The zero-order valence-corrected chi connectivity index (χ0v) is 11.2. The number of rotatable bonds is 1. The molecule has 0 aromatic carbocycles. The second-order valence-corrected chi connectivity index (χ2v) is 5.73. The van der Waals surface area contributed by atoms with Crippen molar-refractivity contribution in [2.24, 2.45) is 11.8 Å². The third kappa shape index (κ3) is 2.54. The topological polar surface area (TPSA) is 16.1 Å². The Morgan fingerprint density at radius 2 is 2.00 bits per heavy atom. The van der Waals surface area contributed by atoms with Crippen LogP contribution >= 0.6 is 15.9 Å². The Balaban J connectivity index is 2.23. The summed E-state index contributed by atoms with van der Waals surface area (Å²) in [5, 5.41) is 0. The van der Waals surface area contributed by atoms with Crippen LogP contribution in [0.5, 0.6) is 0 Å². The first-order chi connectivity index (χ1) is 7.56. The van der Waals surface area contributed by atoms with Crippen molar-refractivity contribution >= 4 is 21.7 Å². The molecular formula is C12H16BrFN2. The second-order valence-electron chi connectivity index (χ2n) is 4.81. The third-order valence-corrected chi connectivity index (χ3v) is 3.39. The van der Waals surface area contributed by atoms with Crippen molar-refractivity contribution in [3.05, 3.63) is 22.6 Å². The van der Waals surface area contributed by atoms with Gasteiger partial charge >= 0.3 is 0 Å². The van der Waals surface area contributed by atoms with E-state index in [-0.39, 0.29) is 5.82 Å². The molecule has 1 aromatic rings. The van der Waals surface area contributed by atoms with E-state index in [1.165, 1.54) is 12.5 Å².